The van der Waals surface area contributed by atoms with Crippen LogP contribution in [0.2, 0.25) is 0 Å². The van der Waals surface area contributed by atoms with Gasteiger partial charge in [-0.25, -0.2) is 0 Å². The molecule has 1 saturated heterocycles. The monoisotopic (exact) mass is 260 g/mol. The predicted octanol–water partition coefficient (Wildman–Crippen LogP) is 2.20. The third-order valence-electron chi connectivity index (χ3n) is 4.35. The fraction of sp³-hybridized carbons (Fsp3) is 0.625. The molecule has 1 aromatic rings. The number of ether oxygens (including phenoxy) is 1. The van der Waals surface area contributed by atoms with Gasteiger partial charge in [0.15, 0.2) is 0 Å². The molecule has 0 saturated carbocycles. The highest BCUT2D eigenvalue weighted by Crippen LogP contribution is 2.26. The van der Waals surface area contributed by atoms with Crippen LogP contribution in [-0.2, 0) is 13.0 Å². The molecule has 1 unspecified atom stereocenters. The molecule has 1 N–H and O–H groups in total. The summed E-state index contributed by atoms with van der Waals surface area (Å²) in [4.78, 5) is 2.52. The third-order valence-corrected chi connectivity index (χ3v) is 4.35. The van der Waals surface area contributed by atoms with E-state index in [4.69, 9.17) is 4.74 Å². The van der Waals surface area contributed by atoms with E-state index >= 15 is 0 Å². The van der Waals surface area contributed by atoms with Crippen LogP contribution in [0.25, 0.3) is 0 Å². The van der Waals surface area contributed by atoms with Gasteiger partial charge in [0.2, 0.25) is 0 Å². The van der Waals surface area contributed by atoms with Gasteiger partial charge in [-0.1, -0.05) is 12.1 Å². The number of benzene rings is 1. The molecule has 1 atom stereocenters. The molecule has 19 heavy (non-hydrogen) atoms. The summed E-state index contributed by atoms with van der Waals surface area (Å²) >= 11 is 0. The van der Waals surface area contributed by atoms with Crippen LogP contribution < -0.4 is 10.1 Å². The minimum absolute atomic E-state index is 0.722. The number of nitrogens with zero attached hydrogens (tertiary/aromatic N) is 1. The van der Waals surface area contributed by atoms with E-state index in [9.17, 15) is 0 Å². The Morgan fingerprint density at radius 1 is 1.32 bits per heavy atom. The third kappa shape index (κ3) is 3.10. The van der Waals surface area contributed by atoms with Gasteiger partial charge >= 0.3 is 0 Å². The molecule has 104 valence electrons. The molecule has 2 aliphatic rings. The van der Waals surface area contributed by atoms with Crippen LogP contribution in [-0.4, -0.2) is 37.7 Å². The van der Waals surface area contributed by atoms with Crippen LogP contribution >= 0.6 is 0 Å². The summed E-state index contributed by atoms with van der Waals surface area (Å²) in [5.41, 5.74) is 2.80. The van der Waals surface area contributed by atoms with E-state index < -0.39 is 0 Å². The van der Waals surface area contributed by atoms with Crippen molar-refractivity contribution in [2.24, 2.45) is 0 Å². The highest BCUT2D eigenvalue weighted by Gasteiger charge is 2.18. The van der Waals surface area contributed by atoms with Crippen LogP contribution in [0, 0.1) is 0 Å². The lowest BCUT2D eigenvalue weighted by Gasteiger charge is -2.27. The Balaban J connectivity index is 1.63. The van der Waals surface area contributed by atoms with Gasteiger partial charge < -0.3 is 10.1 Å². The van der Waals surface area contributed by atoms with E-state index in [0.717, 1.165) is 37.9 Å². The lowest BCUT2D eigenvalue weighted by atomic mass is 10.1. The molecule has 1 aromatic carbocycles. The van der Waals surface area contributed by atoms with Crippen molar-refractivity contribution in [1.82, 2.24) is 10.2 Å². The SMILES string of the molecule is CN(Cc1ccc2c(c1)CCO2)C1CCCNCC1. The van der Waals surface area contributed by atoms with Gasteiger partial charge in [0, 0.05) is 19.0 Å². The molecule has 0 amide bonds. The molecular weight excluding hydrogens is 236 g/mol. The Labute approximate surface area is 115 Å². The number of hydrogen-bond acceptors (Lipinski definition) is 3. The second-order valence-corrected chi connectivity index (χ2v) is 5.79. The average Bonchev–Trinajstić information content (AvgIpc) is 2.71. The predicted molar refractivity (Wildman–Crippen MR) is 77.6 cm³/mol. The van der Waals surface area contributed by atoms with Crippen molar-refractivity contribution in [3.8, 4) is 5.75 Å². The van der Waals surface area contributed by atoms with Crippen molar-refractivity contribution >= 4 is 0 Å². The Hall–Kier alpha value is -1.06. The van der Waals surface area contributed by atoms with Crippen LogP contribution in [0.1, 0.15) is 30.4 Å². The number of hydrogen-bond donors (Lipinski definition) is 1. The van der Waals surface area contributed by atoms with Crippen molar-refractivity contribution in [2.75, 3.05) is 26.7 Å². The molecule has 3 heteroatoms. The van der Waals surface area contributed by atoms with Crippen molar-refractivity contribution in [3.05, 3.63) is 29.3 Å². The van der Waals surface area contributed by atoms with Gasteiger partial charge in [-0.15, -0.1) is 0 Å². The first-order chi connectivity index (χ1) is 9.33. The standard InChI is InChI=1S/C16H24N2O/c1-18(15-3-2-8-17-9-6-15)12-13-4-5-16-14(11-13)7-10-19-16/h4-5,11,15,17H,2-3,6-10,12H2,1H3. The van der Waals surface area contributed by atoms with Gasteiger partial charge in [0.1, 0.15) is 5.75 Å². The van der Waals surface area contributed by atoms with Gasteiger partial charge in [-0.3, -0.25) is 4.90 Å². The van der Waals surface area contributed by atoms with Crippen LogP contribution in [0.15, 0.2) is 18.2 Å². The van der Waals surface area contributed by atoms with E-state index in [1.165, 1.54) is 36.9 Å². The molecule has 0 aromatic heterocycles. The smallest absolute Gasteiger partial charge is 0.122 e. The average molecular weight is 260 g/mol. The first-order valence-corrected chi connectivity index (χ1v) is 7.48. The maximum absolute atomic E-state index is 5.57. The highest BCUT2D eigenvalue weighted by molar-refractivity contribution is 5.39. The quantitative estimate of drug-likeness (QED) is 0.901. The highest BCUT2D eigenvalue weighted by atomic mass is 16.5. The second-order valence-electron chi connectivity index (χ2n) is 5.79. The molecule has 2 aliphatic heterocycles. The van der Waals surface area contributed by atoms with Crippen molar-refractivity contribution in [1.29, 1.82) is 0 Å². The van der Waals surface area contributed by atoms with Gasteiger partial charge in [-0.2, -0.15) is 0 Å². The maximum Gasteiger partial charge on any atom is 0.122 e. The lowest BCUT2D eigenvalue weighted by molar-refractivity contribution is 0.216. The lowest BCUT2D eigenvalue weighted by Crippen LogP contribution is -2.32. The molecule has 0 spiro atoms. The Bertz CT molecular complexity index is 425. The van der Waals surface area contributed by atoms with Gasteiger partial charge in [-0.05, 0) is 56.6 Å². The van der Waals surface area contributed by atoms with Crippen molar-refractivity contribution < 1.29 is 4.74 Å². The van der Waals surface area contributed by atoms with E-state index in [1.807, 2.05) is 0 Å². The number of fused-ring (bicyclic) bond motifs is 1. The van der Waals surface area contributed by atoms with Crippen LogP contribution in [0.4, 0.5) is 0 Å². The molecule has 0 bridgehead atoms. The molecule has 0 aliphatic carbocycles. The molecule has 1 fully saturated rings. The minimum Gasteiger partial charge on any atom is -0.493 e. The topological polar surface area (TPSA) is 24.5 Å². The largest absolute Gasteiger partial charge is 0.493 e. The van der Waals surface area contributed by atoms with Crippen molar-refractivity contribution in [2.45, 2.75) is 38.3 Å². The summed E-state index contributed by atoms with van der Waals surface area (Å²) in [6.07, 6.45) is 4.95. The van der Waals surface area contributed by atoms with Gasteiger partial charge in [0.05, 0.1) is 6.61 Å². The van der Waals surface area contributed by atoms with Crippen molar-refractivity contribution in [3.63, 3.8) is 0 Å². The summed E-state index contributed by atoms with van der Waals surface area (Å²) in [6, 6.07) is 7.41. The Morgan fingerprint density at radius 3 is 3.21 bits per heavy atom. The molecule has 0 radical (unpaired) electrons. The number of nitrogens with one attached hydrogen (secondary N) is 1. The zero-order chi connectivity index (χ0) is 13.1. The van der Waals surface area contributed by atoms with Gasteiger partial charge in [0.25, 0.3) is 0 Å². The van der Waals surface area contributed by atoms with Crippen LogP contribution in [0.3, 0.4) is 0 Å². The fourth-order valence-corrected chi connectivity index (χ4v) is 3.20. The molecule has 3 nitrogen and oxygen atoms in total. The minimum atomic E-state index is 0.722. The Morgan fingerprint density at radius 2 is 2.26 bits per heavy atom. The first-order valence-electron chi connectivity index (χ1n) is 7.48. The zero-order valence-electron chi connectivity index (χ0n) is 11.8. The normalized spacial score (nSPS) is 22.9. The van der Waals surface area contributed by atoms with E-state index in [2.05, 4.69) is 35.5 Å². The summed E-state index contributed by atoms with van der Waals surface area (Å²) in [5.74, 6) is 1.09. The summed E-state index contributed by atoms with van der Waals surface area (Å²) in [7, 11) is 2.26. The fourth-order valence-electron chi connectivity index (χ4n) is 3.20. The second kappa shape index (κ2) is 5.93. The van der Waals surface area contributed by atoms with E-state index in [0.29, 0.717) is 0 Å². The maximum atomic E-state index is 5.57. The first kappa shape index (κ1) is 12.9. The Kier molecular flexibility index (Phi) is 4.04. The van der Waals surface area contributed by atoms with E-state index in [-0.39, 0.29) is 0 Å². The van der Waals surface area contributed by atoms with Crippen LogP contribution in [0.5, 0.6) is 5.75 Å². The molecule has 3 rings (SSSR count). The summed E-state index contributed by atoms with van der Waals surface area (Å²) in [6.45, 7) is 4.24. The number of rotatable bonds is 3. The molecular formula is C16H24N2O. The summed E-state index contributed by atoms with van der Waals surface area (Å²) in [5, 5.41) is 3.49. The summed E-state index contributed by atoms with van der Waals surface area (Å²) < 4.78 is 5.57. The van der Waals surface area contributed by atoms with E-state index in [1.54, 1.807) is 0 Å². The molecule has 2 heterocycles. The zero-order valence-corrected chi connectivity index (χ0v) is 11.8.